The molecule has 0 amide bonds. The summed E-state index contributed by atoms with van der Waals surface area (Å²) in [7, 11) is 1.97. The average Bonchev–Trinajstić information content (AvgIpc) is 3.46. The lowest BCUT2D eigenvalue weighted by molar-refractivity contribution is 0.468. The molecule has 7 nitrogen and oxygen atoms in total. The van der Waals surface area contributed by atoms with E-state index in [0.717, 1.165) is 40.6 Å². The molecule has 5 rings (SSSR count). The van der Waals surface area contributed by atoms with Crippen molar-refractivity contribution in [3.8, 4) is 11.6 Å². The summed E-state index contributed by atoms with van der Waals surface area (Å²) in [6, 6.07) is 11.8. The molecule has 0 bridgehead atoms. The topological polar surface area (TPSA) is 67.3 Å². The van der Waals surface area contributed by atoms with Crippen LogP contribution in [0, 0.1) is 0 Å². The second-order valence-electron chi connectivity index (χ2n) is 6.88. The molecule has 0 radical (unpaired) electrons. The van der Waals surface area contributed by atoms with Gasteiger partial charge in [0.15, 0.2) is 0 Å². The largest absolute Gasteiger partial charge is 0.438 e. The van der Waals surface area contributed by atoms with E-state index in [4.69, 9.17) is 9.72 Å². The van der Waals surface area contributed by atoms with E-state index in [0.29, 0.717) is 11.8 Å². The van der Waals surface area contributed by atoms with E-state index in [2.05, 4.69) is 19.9 Å². The lowest BCUT2D eigenvalue weighted by Crippen LogP contribution is -2.21. The molecular formula is C21H20N6OS. The van der Waals surface area contributed by atoms with Crippen LogP contribution < -0.4 is 14.5 Å². The van der Waals surface area contributed by atoms with Gasteiger partial charge in [-0.15, -0.1) is 11.3 Å². The van der Waals surface area contributed by atoms with Crippen molar-refractivity contribution in [3.63, 3.8) is 0 Å². The molecule has 0 saturated carbocycles. The van der Waals surface area contributed by atoms with Crippen LogP contribution in [0.5, 0.6) is 11.6 Å². The SMILES string of the molecule is CN(c1ccc(Oc2ncnc3sccc23)cc1)c1nccc(N2CCCC2)n1. The van der Waals surface area contributed by atoms with Gasteiger partial charge in [0.25, 0.3) is 0 Å². The van der Waals surface area contributed by atoms with E-state index >= 15 is 0 Å². The molecule has 0 aliphatic carbocycles. The van der Waals surface area contributed by atoms with E-state index in [-0.39, 0.29) is 0 Å². The zero-order valence-electron chi connectivity index (χ0n) is 16.0. The molecule has 1 aliphatic heterocycles. The van der Waals surface area contributed by atoms with Crippen LogP contribution in [-0.2, 0) is 0 Å². The first-order valence-corrected chi connectivity index (χ1v) is 10.4. The van der Waals surface area contributed by atoms with Crippen molar-refractivity contribution in [3.05, 3.63) is 54.3 Å². The van der Waals surface area contributed by atoms with Crippen LogP contribution in [0.2, 0.25) is 0 Å². The molecule has 0 N–H and O–H groups in total. The van der Waals surface area contributed by atoms with Crippen molar-refractivity contribution >= 4 is 39.0 Å². The fraction of sp³-hybridized carbons (Fsp3) is 0.238. The van der Waals surface area contributed by atoms with E-state index in [1.165, 1.54) is 19.2 Å². The number of nitrogens with zero attached hydrogens (tertiary/aromatic N) is 6. The normalized spacial score (nSPS) is 13.8. The summed E-state index contributed by atoms with van der Waals surface area (Å²) in [5.74, 6) is 2.96. The van der Waals surface area contributed by atoms with Crippen LogP contribution in [0.3, 0.4) is 0 Å². The number of anilines is 3. The van der Waals surface area contributed by atoms with Crippen molar-refractivity contribution in [2.75, 3.05) is 29.9 Å². The summed E-state index contributed by atoms with van der Waals surface area (Å²) in [5.41, 5.74) is 0.985. The van der Waals surface area contributed by atoms with Crippen molar-refractivity contribution < 1.29 is 4.74 Å². The van der Waals surface area contributed by atoms with Crippen LogP contribution >= 0.6 is 11.3 Å². The van der Waals surface area contributed by atoms with Gasteiger partial charge in [-0.2, -0.15) is 4.98 Å². The molecule has 4 aromatic rings. The minimum absolute atomic E-state index is 0.569. The summed E-state index contributed by atoms with van der Waals surface area (Å²) in [4.78, 5) is 22.9. The van der Waals surface area contributed by atoms with Crippen molar-refractivity contribution in [2.45, 2.75) is 12.8 Å². The predicted octanol–water partition coefficient (Wildman–Crippen LogP) is 4.64. The Kier molecular flexibility index (Phi) is 4.69. The Morgan fingerprint density at radius 2 is 1.83 bits per heavy atom. The fourth-order valence-electron chi connectivity index (χ4n) is 3.44. The Hall–Kier alpha value is -3.26. The van der Waals surface area contributed by atoms with Gasteiger partial charge in [0.2, 0.25) is 11.8 Å². The molecular weight excluding hydrogens is 384 g/mol. The van der Waals surface area contributed by atoms with Gasteiger partial charge in [-0.25, -0.2) is 15.0 Å². The number of thiophene rings is 1. The van der Waals surface area contributed by atoms with E-state index in [1.807, 2.05) is 59.9 Å². The fourth-order valence-corrected chi connectivity index (χ4v) is 4.16. The summed E-state index contributed by atoms with van der Waals surface area (Å²) < 4.78 is 5.98. The third-order valence-electron chi connectivity index (χ3n) is 5.02. The van der Waals surface area contributed by atoms with Crippen LogP contribution in [-0.4, -0.2) is 40.1 Å². The Labute approximate surface area is 172 Å². The van der Waals surface area contributed by atoms with Gasteiger partial charge in [0.05, 0.1) is 5.39 Å². The lowest BCUT2D eigenvalue weighted by atomic mass is 10.3. The smallest absolute Gasteiger partial charge is 0.231 e. The Balaban J connectivity index is 1.34. The summed E-state index contributed by atoms with van der Waals surface area (Å²) in [6.07, 6.45) is 5.80. The molecule has 29 heavy (non-hydrogen) atoms. The predicted molar refractivity (Wildman–Crippen MR) is 115 cm³/mol. The second kappa shape index (κ2) is 7.63. The summed E-state index contributed by atoms with van der Waals surface area (Å²) >= 11 is 1.57. The monoisotopic (exact) mass is 404 g/mol. The summed E-state index contributed by atoms with van der Waals surface area (Å²) in [5, 5.41) is 2.91. The first-order chi connectivity index (χ1) is 14.3. The zero-order valence-corrected chi connectivity index (χ0v) is 16.8. The molecule has 4 heterocycles. The Morgan fingerprint density at radius 3 is 2.66 bits per heavy atom. The number of fused-ring (bicyclic) bond motifs is 1. The van der Waals surface area contributed by atoms with Gasteiger partial charge >= 0.3 is 0 Å². The number of benzene rings is 1. The Morgan fingerprint density at radius 1 is 1.00 bits per heavy atom. The maximum Gasteiger partial charge on any atom is 0.231 e. The molecule has 146 valence electrons. The van der Waals surface area contributed by atoms with Crippen molar-refractivity contribution in [1.29, 1.82) is 0 Å². The second-order valence-corrected chi connectivity index (χ2v) is 7.78. The van der Waals surface area contributed by atoms with Gasteiger partial charge in [0, 0.05) is 32.0 Å². The lowest BCUT2D eigenvalue weighted by Gasteiger charge is -2.21. The molecule has 0 spiro atoms. The molecule has 1 aromatic carbocycles. The van der Waals surface area contributed by atoms with Crippen LogP contribution in [0.25, 0.3) is 10.2 Å². The minimum Gasteiger partial charge on any atom is -0.438 e. The maximum absolute atomic E-state index is 5.98. The maximum atomic E-state index is 5.98. The van der Waals surface area contributed by atoms with Gasteiger partial charge in [-0.05, 0) is 54.6 Å². The highest BCUT2D eigenvalue weighted by Gasteiger charge is 2.16. The number of ether oxygens (including phenoxy) is 1. The van der Waals surface area contributed by atoms with E-state index in [9.17, 15) is 0 Å². The summed E-state index contributed by atoms with van der Waals surface area (Å²) in [6.45, 7) is 2.12. The van der Waals surface area contributed by atoms with E-state index < -0.39 is 0 Å². The Bertz CT molecular complexity index is 1120. The molecule has 3 aromatic heterocycles. The highest BCUT2D eigenvalue weighted by molar-refractivity contribution is 7.16. The highest BCUT2D eigenvalue weighted by atomic mass is 32.1. The van der Waals surface area contributed by atoms with Gasteiger partial charge < -0.3 is 14.5 Å². The molecule has 0 unspecified atom stereocenters. The first kappa shape index (κ1) is 17.8. The van der Waals surface area contributed by atoms with Crippen molar-refractivity contribution in [1.82, 2.24) is 19.9 Å². The number of rotatable bonds is 5. The van der Waals surface area contributed by atoms with Crippen LogP contribution in [0.4, 0.5) is 17.5 Å². The first-order valence-electron chi connectivity index (χ1n) is 9.56. The van der Waals surface area contributed by atoms with Crippen LogP contribution in [0.15, 0.2) is 54.3 Å². The number of hydrogen-bond donors (Lipinski definition) is 0. The number of aromatic nitrogens is 4. The van der Waals surface area contributed by atoms with Crippen molar-refractivity contribution in [2.24, 2.45) is 0 Å². The molecule has 1 fully saturated rings. The zero-order chi connectivity index (χ0) is 19.6. The molecule has 1 aliphatic rings. The molecule has 8 heteroatoms. The standard InChI is InChI=1S/C21H20N6OS/c1-26(21-22-10-8-18(25-21)27-11-2-3-12-27)15-4-6-16(7-5-15)28-19-17-9-13-29-20(17)24-14-23-19/h4-10,13-14H,2-3,11-12H2,1H3. The molecule has 0 atom stereocenters. The highest BCUT2D eigenvalue weighted by Crippen LogP contribution is 2.31. The number of hydrogen-bond acceptors (Lipinski definition) is 8. The molecule has 1 saturated heterocycles. The minimum atomic E-state index is 0.569. The van der Waals surface area contributed by atoms with Gasteiger partial charge in [-0.3, -0.25) is 0 Å². The third-order valence-corrected chi connectivity index (χ3v) is 5.84. The van der Waals surface area contributed by atoms with E-state index in [1.54, 1.807) is 11.3 Å². The van der Waals surface area contributed by atoms with Gasteiger partial charge in [0.1, 0.15) is 22.7 Å². The quantitative estimate of drug-likeness (QED) is 0.480. The van der Waals surface area contributed by atoms with Gasteiger partial charge in [-0.1, -0.05) is 0 Å². The third kappa shape index (κ3) is 3.58. The average molecular weight is 404 g/mol. The van der Waals surface area contributed by atoms with Crippen LogP contribution in [0.1, 0.15) is 12.8 Å².